The maximum Gasteiger partial charge on any atom is 0.318 e. The van der Waals surface area contributed by atoms with Crippen LogP contribution in [0.1, 0.15) is 31.3 Å². The van der Waals surface area contributed by atoms with E-state index in [-0.39, 0.29) is 18.1 Å². The molecule has 0 spiro atoms. The average molecular weight is 279 g/mol. The van der Waals surface area contributed by atoms with Crippen molar-refractivity contribution in [2.45, 2.75) is 32.4 Å². The summed E-state index contributed by atoms with van der Waals surface area (Å²) in [5, 5.41) is 2.99. The van der Waals surface area contributed by atoms with Crippen LogP contribution in [-0.2, 0) is 13.5 Å². The summed E-state index contributed by atoms with van der Waals surface area (Å²) in [5.74, 6) is 0. The molecule has 112 valence electrons. The standard InChI is InChI=1S/C14H25N5O/c1-10(2)16-14(20)19-7-6-11-13(15-9-18(11)5)12(19)8-17(3)4/h9-10,12H,6-8H2,1-5H3,(H,16,20). The van der Waals surface area contributed by atoms with E-state index in [0.717, 1.165) is 25.2 Å². The Morgan fingerprint density at radius 3 is 2.85 bits per heavy atom. The van der Waals surface area contributed by atoms with Crippen LogP contribution < -0.4 is 5.32 Å². The van der Waals surface area contributed by atoms with Crippen LogP contribution >= 0.6 is 0 Å². The van der Waals surface area contributed by atoms with Crippen molar-refractivity contribution in [3.05, 3.63) is 17.7 Å². The van der Waals surface area contributed by atoms with E-state index in [4.69, 9.17) is 0 Å². The molecule has 0 fully saturated rings. The fourth-order valence-corrected chi connectivity index (χ4v) is 2.69. The molecule has 0 radical (unpaired) electrons. The molecule has 1 atom stereocenters. The number of nitrogens with zero attached hydrogens (tertiary/aromatic N) is 4. The van der Waals surface area contributed by atoms with Gasteiger partial charge in [0, 0.05) is 38.3 Å². The first kappa shape index (κ1) is 14.8. The van der Waals surface area contributed by atoms with Gasteiger partial charge >= 0.3 is 6.03 Å². The maximum absolute atomic E-state index is 12.4. The van der Waals surface area contributed by atoms with Crippen LogP contribution in [-0.4, -0.2) is 58.6 Å². The van der Waals surface area contributed by atoms with Gasteiger partial charge in [0.1, 0.15) is 0 Å². The van der Waals surface area contributed by atoms with Crippen LogP contribution in [0.25, 0.3) is 0 Å². The van der Waals surface area contributed by atoms with Crippen molar-refractivity contribution in [2.24, 2.45) is 7.05 Å². The van der Waals surface area contributed by atoms with Crippen LogP contribution in [0.5, 0.6) is 0 Å². The second kappa shape index (κ2) is 5.83. The number of carbonyl (C=O) groups excluding carboxylic acids is 1. The molecule has 0 saturated heterocycles. The van der Waals surface area contributed by atoms with Crippen LogP contribution in [0.3, 0.4) is 0 Å². The smallest absolute Gasteiger partial charge is 0.318 e. The van der Waals surface area contributed by atoms with Gasteiger partial charge < -0.3 is 19.7 Å². The van der Waals surface area contributed by atoms with Gasteiger partial charge in [0.25, 0.3) is 0 Å². The number of fused-ring (bicyclic) bond motifs is 1. The summed E-state index contributed by atoms with van der Waals surface area (Å²) in [4.78, 5) is 20.9. The summed E-state index contributed by atoms with van der Waals surface area (Å²) in [6.07, 6.45) is 2.71. The Bertz CT molecular complexity index is 480. The monoisotopic (exact) mass is 279 g/mol. The van der Waals surface area contributed by atoms with Crippen LogP contribution in [0.15, 0.2) is 6.33 Å². The molecule has 1 aromatic rings. The summed E-state index contributed by atoms with van der Waals surface area (Å²) in [6, 6.07) is 0.171. The average Bonchev–Trinajstić information content (AvgIpc) is 2.70. The topological polar surface area (TPSA) is 53.4 Å². The molecule has 0 saturated carbocycles. The Kier molecular flexibility index (Phi) is 4.32. The van der Waals surface area contributed by atoms with Gasteiger partial charge in [-0.1, -0.05) is 0 Å². The van der Waals surface area contributed by atoms with Crippen molar-refractivity contribution in [2.75, 3.05) is 27.2 Å². The number of hydrogen-bond donors (Lipinski definition) is 1. The normalized spacial score (nSPS) is 18.6. The van der Waals surface area contributed by atoms with Crippen LogP contribution in [0.2, 0.25) is 0 Å². The molecule has 0 aromatic carbocycles. The van der Waals surface area contributed by atoms with Gasteiger partial charge in [-0.05, 0) is 27.9 Å². The second-order valence-corrected chi connectivity index (χ2v) is 6.01. The predicted molar refractivity (Wildman–Crippen MR) is 78.6 cm³/mol. The van der Waals surface area contributed by atoms with E-state index >= 15 is 0 Å². The zero-order valence-corrected chi connectivity index (χ0v) is 13.1. The van der Waals surface area contributed by atoms with Crippen molar-refractivity contribution in [3.8, 4) is 0 Å². The van der Waals surface area contributed by atoms with Crippen molar-refractivity contribution < 1.29 is 4.79 Å². The van der Waals surface area contributed by atoms with E-state index in [1.165, 1.54) is 5.69 Å². The molecule has 1 unspecified atom stereocenters. The van der Waals surface area contributed by atoms with Crippen LogP contribution in [0.4, 0.5) is 4.79 Å². The highest BCUT2D eigenvalue weighted by molar-refractivity contribution is 5.75. The molecular weight excluding hydrogens is 254 g/mol. The third-order valence-electron chi connectivity index (χ3n) is 3.58. The molecule has 2 rings (SSSR count). The quantitative estimate of drug-likeness (QED) is 0.898. The van der Waals surface area contributed by atoms with Gasteiger partial charge in [0.05, 0.1) is 18.1 Å². The third-order valence-corrected chi connectivity index (χ3v) is 3.58. The molecule has 0 aliphatic carbocycles. The van der Waals surface area contributed by atoms with Gasteiger partial charge in [-0.15, -0.1) is 0 Å². The van der Waals surface area contributed by atoms with E-state index < -0.39 is 0 Å². The van der Waals surface area contributed by atoms with Crippen LogP contribution in [0, 0.1) is 0 Å². The van der Waals surface area contributed by atoms with E-state index in [1.54, 1.807) is 0 Å². The molecule has 2 heterocycles. The van der Waals surface area contributed by atoms with Crippen molar-refractivity contribution in [3.63, 3.8) is 0 Å². The molecule has 1 aromatic heterocycles. The summed E-state index contributed by atoms with van der Waals surface area (Å²) >= 11 is 0. The molecular formula is C14H25N5O. The highest BCUT2D eigenvalue weighted by Crippen LogP contribution is 2.28. The summed E-state index contributed by atoms with van der Waals surface area (Å²) in [7, 11) is 6.06. The van der Waals surface area contributed by atoms with E-state index in [2.05, 4.69) is 19.8 Å². The first-order valence-electron chi connectivity index (χ1n) is 7.12. The minimum absolute atomic E-state index is 0.00292. The molecule has 2 amide bonds. The van der Waals surface area contributed by atoms with E-state index in [9.17, 15) is 4.79 Å². The van der Waals surface area contributed by atoms with E-state index in [1.807, 2.05) is 46.2 Å². The maximum atomic E-state index is 12.4. The van der Waals surface area contributed by atoms with Gasteiger partial charge in [0.2, 0.25) is 0 Å². The highest BCUT2D eigenvalue weighted by atomic mass is 16.2. The lowest BCUT2D eigenvalue weighted by Gasteiger charge is -2.37. The van der Waals surface area contributed by atoms with Crippen molar-refractivity contribution >= 4 is 6.03 Å². The molecule has 1 aliphatic heterocycles. The summed E-state index contributed by atoms with van der Waals surface area (Å²) in [5.41, 5.74) is 2.27. The second-order valence-electron chi connectivity index (χ2n) is 6.01. The number of nitrogens with one attached hydrogen (secondary N) is 1. The number of urea groups is 1. The lowest BCUT2D eigenvalue weighted by Crippen LogP contribution is -2.50. The summed E-state index contributed by atoms with van der Waals surface area (Å²) in [6.45, 7) is 5.49. The molecule has 20 heavy (non-hydrogen) atoms. The number of amides is 2. The third kappa shape index (κ3) is 2.95. The van der Waals surface area contributed by atoms with E-state index in [0.29, 0.717) is 0 Å². The lowest BCUT2D eigenvalue weighted by atomic mass is 10.0. The first-order valence-corrected chi connectivity index (χ1v) is 7.12. The number of imidazole rings is 1. The lowest BCUT2D eigenvalue weighted by molar-refractivity contribution is 0.148. The number of likely N-dealkylation sites (N-methyl/N-ethyl adjacent to an activating group) is 1. The van der Waals surface area contributed by atoms with Gasteiger partial charge in [-0.25, -0.2) is 9.78 Å². The van der Waals surface area contributed by atoms with Gasteiger partial charge in [-0.2, -0.15) is 0 Å². The SMILES string of the molecule is CC(C)NC(=O)N1CCc2c(ncn2C)C1CN(C)C. The molecule has 6 heteroatoms. The number of rotatable bonds is 3. The zero-order chi connectivity index (χ0) is 14.9. The minimum atomic E-state index is 0.00292. The Morgan fingerprint density at radius 2 is 2.25 bits per heavy atom. The fourth-order valence-electron chi connectivity index (χ4n) is 2.69. The van der Waals surface area contributed by atoms with Crippen molar-refractivity contribution in [1.29, 1.82) is 0 Å². The predicted octanol–water partition coefficient (Wildman–Crippen LogP) is 0.999. The molecule has 0 bridgehead atoms. The number of aromatic nitrogens is 2. The number of aryl methyl sites for hydroxylation is 1. The minimum Gasteiger partial charge on any atom is -0.337 e. The number of hydrogen-bond acceptors (Lipinski definition) is 3. The fraction of sp³-hybridized carbons (Fsp3) is 0.714. The first-order chi connectivity index (χ1) is 9.40. The Hall–Kier alpha value is -1.56. The molecule has 6 nitrogen and oxygen atoms in total. The molecule has 1 aliphatic rings. The van der Waals surface area contributed by atoms with Gasteiger partial charge in [-0.3, -0.25) is 0 Å². The zero-order valence-electron chi connectivity index (χ0n) is 13.1. The highest BCUT2D eigenvalue weighted by Gasteiger charge is 2.33. The summed E-state index contributed by atoms with van der Waals surface area (Å²) < 4.78 is 2.07. The Labute approximate surface area is 120 Å². The van der Waals surface area contributed by atoms with Crippen molar-refractivity contribution in [1.82, 2.24) is 24.7 Å². The Morgan fingerprint density at radius 1 is 1.55 bits per heavy atom. The largest absolute Gasteiger partial charge is 0.337 e. The molecule has 1 N–H and O–H groups in total. The number of carbonyl (C=O) groups is 1. The Balaban J connectivity index is 2.26. The van der Waals surface area contributed by atoms with Gasteiger partial charge in [0.15, 0.2) is 0 Å².